The minimum atomic E-state index is -0.570. The average Bonchev–Trinajstić information content (AvgIpc) is 2.63. The van der Waals surface area contributed by atoms with Crippen molar-refractivity contribution in [2.45, 2.75) is 26.4 Å². The molecule has 28 heavy (non-hydrogen) atoms. The van der Waals surface area contributed by atoms with Gasteiger partial charge in [0.15, 0.2) is 0 Å². The van der Waals surface area contributed by atoms with Crippen molar-refractivity contribution in [2.24, 2.45) is 0 Å². The van der Waals surface area contributed by atoms with Gasteiger partial charge in [0.2, 0.25) is 5.91 Å². The maximum absolute atomic E-state index is 12.1. The second kappa shape index (κ2) is 8.48. The molecule has 1 fully saturated rings. The molecule has 1 aliphatic rings. The van der Waals surface area contributed by atoms with Crippen LogP contribution in [0.3, 0.4) is 0 Å². The van der Waals surface area contributed by atoms with Crippen LogP contribution < -0.4 is 10.1 Å². The number of benzene rings is 2. The third-order valence-corrected chi connectivity index (χ3v) is 4.22. The predicted molar refractivity (Wildman–Crippen MR) is 107 cm³/mol. The Morgan fingerprint density at radius 1 is 1.18 bits per heavy atom. The quantitative estimate of drug-likeness (QED) is 0.852. The second-order valence-corrected chi connectivity index (χ2v) is 7.57. The molecule has 0 aliphatic carbocycles. The summed E-state index contributed by atoms with van der Waals surface area (Å²) in [6.45, 7) is 7.63. The molecular formula is C21H26N2O5. The van der Waals surface area contributed by atoms with Crippen molar-refractivity contribution >= 4 is 28.5 Å². The van der Waals surface area contributed by atoms with Crippen LogP contribution >= 0.6 is 0 Å². The van der Waals surface area contributed by atoms with Crippen molar-refractivity contribution in [3.63, 3.8) is 0 Å². The molecule has 0 spiro atoms. The van der Waals surface area contributed by atoms with Crippen LogP contribution in [0.2, 0.25) is 0 Å². The Hall–Kier alpha value is -2.80. The van der Waals surface area contributed by atoms with E-state index in [0.717, 1.165) is 10.8 Å². The number of hydrogen-bond donors (Lipinski definition) is 1. The molecule has 7 heteroatoms. The maximum Gasteiger partial charge on any atom is 0.412 e. The Balaban J connectivity index is 1.70. The number of amides is 2. The van der Waals surface area contributed by atoms with Gasteiger partial charge in [-0.2, -0.15) is 0 Å². The zero-order valence-electron chi connectivity index (χ0n) is 16.5. The summed E-state index contributed by atoms with van der Waals surface area (Å²) in [5.41, 5.74) is 0.0837. The Kier molecular flexibility index (Phi) is 6.04. The largest absolute Gasteiger partial charge is 0.491 e. The zero-order valence-corrected chi connectivity index (χ0v) is 16.5. The lowest BCUT2D eigenvalue weighted by Crippen LogP contribution is -2.43. The van der Waals surface area contributed by atoms with E-state index in [1.54, 1.807) is 11.0 Å². The molecule has 0 atom stereocenters. The number of ether oxygens (including phenoxy) is 3. The Labute approximate surface area is 164 Å². The Morgan fingerprint density at radius 3 is 2.64 bits per heavy atom. The smallest absolute Gasteiger partial charge is 0.412 e. The minimum absolute atomic E-state index is 0.0170. The summed E-state index contributed by atoms with van der Waals surface area (Å²) in [6, 6.07) is 11.3. The number of anilines is 1. The van der Waals surface area contributed by atoms with Crippen LogP contribution in [0.25, 0.3) is 10.8 Å². The van der Waals surface area contributed by atoms with Crippen LogP contribution in [-0.2, 0) is 14.3 Å². The highest BCUT2D eigenvalue weighted by Crippen LogP contribution is 2.32. The van der Waals surface area contributed by atoms with Gasteiger partial charge in [0.05, 0.1) is 18.8 Å². The summed E-state index contributed by atoms with van der Waals surface area (Å²) in [7, 11) is 0. The van der Waals surface area contributed by atoms with Crippen molar-refractivity contribution < 1.29 is 23.8 Å². The average molecular weight is 386 g/mol. The van der Waals surface area contributed by atoms with E-state index in [2.05, 4.69) is 5.32 Å². The highest BCUT2D eigenvalue weighted by Gasteiger charge is 2.19. The van der Waals surface area contributed by atoms with Crippen molar-refractivity contribution in [3.05, 3.63) is 36.4 Å². The van der Waals surface area contributed by atoms with Crippen LogP contribution in [0.4, 0.5) is 10.5 Å². The molecule has 0 bridgehead atoms. The Morgan fingerprint density at radius 2 is 1.93 bits per heavy atom. The standard InChI is InChI=1S/C21H26N2O5/c1-21(2,3)28-20(25)22-17-8-9-18(16-7-5-4-6-15(16)17)27-13-11-23-10-12-26-14-19(23)24/h4-9H,10-14H2,1-3H3,(H,22,25). The van der Waals surface area contributed by atoms with Crippen LogP contribution in [0.5, 0.6) is 5.75 Å². The number of carbonyl (C=O) groups is 2. The van der Waals surface area contributed by atoms with Crippen LogP contribution in [0.15, 0.2) is 36.4 Å². The van der Waals surface area contributed by atoms with Crippen molar-refractivity contribution in [1.82, 2.24) is 4.90 Å². The fourth-order valence-electron chi connectivity index (χ4n) is 2.97. The molecule has 2 aromatic rings. The molecule has 1 aliphatic heterocycles. The van der Waals surface area contributed by atoms with E-state index >= 15 is 0 Å². The van der Waals surface area contributed by atoms with Gasteiger partial charge < -0.3 is 19.1 Å². The first-order valence-corrected chi connectivity index (χ1v) is 9.33. The maximum atomic E-state index is 12.1. The molecule has 1 heterocycles. The number of fused-ring (bicyclic) bond motifs is 1. The van der Waals surface area contributed by atoms with Gasteiger partial charge >= 0.3 is 6.09 Å². The van der Waals surface area contributed by atoms with Gasteiger partial charge in [-0.25, -0.2) is 4.79 Å². The lowest BCUT2D eigenvalue weighted by molar-refractivity contribution is -0.143. The minimum Gasteiger partial charge on any atom is -0.491 e. The topological polar surface area (TPSA) is 77.1 Å². The van der Waals surface area contributed by atoms with Gasteiger partial charge in [-0.3, -0.25) is 10.1 Å². The van der Waals surface area contributed by atoms with Gasteiger partial charge in [-0.05, 0) is 32.9 Å². The SMILES string of the molecule is CC(C)(C)OC(=O)Nc1ccc(OCCN2CCOCC2=O)c2ccccc12. The molecule has 1 saturated heterocycles. The van der Waals surface area contributed by atoms with E-state index in [4.69, 9.17) is 14.2 Å². The van der Waals surface area contributed by atoms with Gasteiger partial charge in [0.25, 0.3) is 0 Å². The molecule has 3 rings (SSSR count). The fraction of sp³-hybridized carbons (Fsp3) is 0.429. The molecule has 2 aromatic carbocycles. The third-order valence-electron chi connectivity index (χ3n) is 4.22. The monoisotopic (exact) mass is 386 g/mol. The summed E-state index contributed by atoms with van der Waals surface area (Å²) in [5.74, 6) is 0.683. The number of nitrogens with one attached hydrogen (secondary N) is 1. The summed E-state index contributed by atoms with van der Waals surface area (Å²) < 4.78 is 16.4. The molecular weight excluding hydrogens is 360 g/mol. The van der Waals surface area contributed by atoms with E-state index in [0.29, 0.717) is 37.7 Å². The molecule has 2 amide bonds. The van der Waals surface area contributed by atoms with E-state index < -0.39 is 11.7 Å². The van der Waals surface area contributed by atoms with Crippen molar-refractivity contribution in [2.75, 3.05) is 38.2 Å². The van der Waals surface area contributed by atoms with Gasteiger partial charge in [-0.1, -0.05) is 24.3 Å². The first-order valence-electron chi connectivity index (χ1n) is 9.33. The van der Waals surface area contributed by atoms with E-state index in [1.807, 2.05) is 51.1 Å². The van der Waals surface area contributed by atoms with Gasteiger partial charge in [-0.15, -0.1) is 0 Å². The molecule has 0 unspecified atom stereocenters. The van der Waals surface area contributed by atoms with E-state index in [9.17, 15) is 9.59 Å². The van der Waals surface area contributed by atoms with Crippen molar-refractivity contribution in [3.8, 4) is 5.75 Å². The van der Waals surface area contributed by atoms with Gasteiger partial charge in [0, 0.05) is 17.3 Å². The summed E-state index contributed by atoms with van der Waals surface area (Å²) >= 11 is 0. The highest BCUT2D eigenvalue weighted by atomic mass is 16.6. The number of hydrogen-bond acceptors (Lipinski definition) is 5. The lowest BCUT2D eigenvalue weighted by atomic mass is 10.1. The van der Waals surface area contributed by atoms with E-state index in [1.165, 1.54) is 0 Å². The Bertz CT molecular complexity index is 859. The summed E-state index contributed by atoms with van der Waals surface area (Å²) in [6.07, 6.45) is -0.503. The fourth-order valence-corrected chi connectivity index (χ4v) is 2.97. The van der Waals surface area contributed by atoms with Gasteiger partial charge in [0.1, 0.15) is 24.6 Å². The number of carbonyl (C=O) groups excluding carboxylic acids is 2. The number of rotatable bonds is 5. The predicted octanol–water partition coefficient (Wildman–Crippen LogP) is 3.42. The molecule has 7 nitrogen and oxygen atoms in total. The van der Waals surface area contributed by atoms with Crippen LogP contribution in [-0.4, -0.2) is 55.4 Å². The normalized spacial score (nSPS) is 14.8. The lowest BCUT2D eigenvalue weighted by Gasteiger charge is -2.26. The first-order chi connectivity index (χ1) is 13.3. The molecule has 0 aromatic heterocycles. The van der Waals surface area contributed by atoms with Crippen LogP contribution in [0.1, 0.15) is 20.8 Å². The van der Waals surface area contributed by atoms with Crippen LogP contribution in [0, 0.1) is 0 Å². The highest BCUT2D eigenvalue weighted by molar-refractivity contribution is 6.02. The first kappa shape index (κ1) is 19.9. The summed E-state index contributed by atoms with van der Waals surface area (Å²) in [4.78, 5) is 25.7. The number of morpholine rings is 1. The molecule has 1 N–H and O–H groups in total. The third kappa shape index (κ3) is 5.13. The number of nitrogens with zero attached hydrogens (tertiary/aromatic N) is 1. The summed E-state index contributed by atoms with van der Waals surface area (Å²) in [5, 5.41) is 4.53. The molecule has 150 valence electrons. The van der Waals surface area contributed by atoms with Crippen molar-refractivity contribution in [1.29, 1.82) is 0 Å². The van der Waals surface area contributed by atoms with E-state index in [-0.39, 0.29) is 12.5 Å². The molecule has 0 saturated carbocycles. The molecule has 0 radical (unpaired) electrons. The zero-order chi connectivity index (χ0) is 20.1. The second-order valence-electron chi connectivity index (χ2n) is 7.57.